The SMILES string of the molecule is CC(O)C(C)NCCCCCO. The van der Waals surface area contributed by atoms with Crippen LogP contribution in [0.25, 0.3) is 0 Å². The fourth-order valence-corrected chi connectivity index (χ4v) is 0.914. The van der Waals surface area contributed by atoms with Crippen molar-refractivity contribution < 1.29 is 10.2 Å². The number of hydrogen-bond donors (Lipinski definition) is 3. The highest BCUT2D eigenvalue weighted by molar-refractivity contribution is 4.65. The van der Waals surface area contributed by atoms with Gasteiger partial charge in [0.2, 0.25) is 0 Å². The molecule has 3 heteroatoms. The van der Waals surface area contributed by atoms with Crippen LogP contribution in [0.3, 0.4) is 0 Å². The second kappa shape index (κ2) is 7.53. The molecule has 2 atom stereocenters. The maximum Gasteiger partial charge on any atom is 0.0662 e. The van der Waals surface area contributed by atoms with Crippen molar-refractivity contribution in [2.75, 3.05) is 13.2 Å². The first kappa shape index (κ1) is 11.9. The van der Waals surface area contributed by atoms with Crippen LogP contribution in [0.1, 0.15) is 33.1 Å². The fraction of sp³-hybridized carbons (Fsp3) is 1.00. The highest BCUT2D eigenvalue weighted by atomic mass is 16.3. The van der Waals surface area contributed by atoms with Gasteiger partial charge in [0.05, 0.1) is 6.10 Å². The summed E-state index contributed by atoms with van der Waals surface area (Å²) in [5.74, 6) is 0. The molecule has 0 spiro atoms. The minimum Gasteiger partial charge on any atom is -0.396 e. The van der Waals surface area contributed by atoms with Gasteiger partial charge in [0.1, 0.15) is 0 Å². The van der Waals surface area contributed by atoms with E-state index >= 15 is 0 Å². The lowest BCUT2D eigenvalue weighted by atomic mass is 10.2. The van der Waals surface area contributed by atoms with Crippen molar-refractivity contribution in [2.45, 2.75) is 45.3 Å². The maximum absolute atomic E-state index is 9.12. The average Bonchev–Trinajstić information content (AvgIpc) is 2.03. The summed E-state index contributed by atoms with van der Waals surface area (Å²) in [7, 11) is 0. The number of aliphatic hydroxyl groups is 2. The predicted molar refractivity (Wildman–Crippen MR) is 50.1 cm³/mol. The Balaban J connectivity index is 3.08. The quantitative estimate of drug-likeness (QED) is 0.494. The normalized spacial score (nSPS) is 16.0. The van der Waals surface area contributed by atoms with Gasteiger partial charge in [0, 0.05) is 12.6 Å². The van der Waals surface area contributed by atoms with Gasteiger partial charge in [0.15, 0.2) is 0 Å². The van der Waals surface area contributed by atoms with Gasteiger partial charge in [-0.05, 0) is 39.7 Å². The predicted octanol–water partition coefficient (Wildman–Crippen LogP) is 0.508. The standard InChI is InChI=1S/C9H21NO2/c1-8(9(2)12)10-6-4-3-5-7-11/h8-12H,3-7H2,1-2H3. The molecule has 0 radical (unpaired) electrons. The van der Waals surface area contributed by atoms with E-state index in [9.17, 15) is 0 Å². The van der Waals surface area contributed by atoms with Crippen molar-refractivity contribution in [3.05, 3.63) is 0 Å². The lowest BCUT2D eigenvalue weighted by Crippen LogP contribution is -2.35. The molecule has 74 valence electrons. The number of rotatable bonds is 7. The molecule has 0 saturated heterocycles. The molecule has 0 aliphatic rings. The molecule has 0 bridgehead atoms. The molecule has 3 nitrogen and oxygen atoms in total. The summed E-state index contributed by atoms with van der Waals surface area (Å²) in [5, 5.41) is 20.8. The molecule has 0 aliphatic heterocycles. The van der Waals surface area contributed by atoms with E-state index in [1.165, 1.54) is 0 Å². The molecule has 0 saturated carbocycles. The number of aliphatic hydroxyl groups excluding tert-OH is 2. The van der Waals surface area contributed by atoms with E-state index in [2.05, 4.69) is 5.32 Å². The van der Waals surface area contributed by atoms with Crippen molar-refractivity contribution in [3.8, 4) is 0 Å². The van der Waals surface area contributed by atoms with E-state index in [-0.39, 0.29) is 18.8 Å². The van der Waals surface area contributed by atoms with Crippen LogP contribution in [0.2, 0.25) is 0 Å². The Hall–Kier alpha value is -0.120. The molecule has 0 aromatic rings. The van der Waals surface area contributed by atoms with Crippen LogP contribution in [0.15, 0.2) is 0 Å². The first-order chi connectivity index (χ1) is 5.68. The molecule has 3 N–H and O–H groups in total. The number of unbranched alkanes of at least 4 members (excludes halogenated alkanes) is 2. The average molecular weight is 175 g/mol. The van der Waals surface area contributed by atoms with Crippen molar-refractivity contribution in [2.24, 2.45) is 0 Å². The van der Waals surface area contributed by atoms with Crippen LogP contribution in [0.4, 0.5) is 0 Å². The molecular formula is C9H21NO2. The monoisotopic (exact) mass is 175 g/mol. The van der Waals surface area contributed by atoms with Crippen molar-refractivity contribution in [3.63, 3.8) is 0 Å². The molecule has 12 heavy (non-hydrogen) atoms. The lowest BCUT2D eigenvalue weighted by molar-refractivity contribution is 0.152. The summed E-state index contributed by atoms with van der Waals surface area (Å²) >= 11 is 0. The van der Waals surface area contributed by atoms with Gasteiger partial charge in [-0.1, -0.05) is 0 Å². The second-order valence-corrected chi connectivity index (χ2v) is 3.27. The Bertz CT molecular complexity index is 96.5. The Morgan fingerprint density at radius 1 is 1.17 bits per heavy atom. The van der Waals surface area contributed by atoms with E-state index in [1.807, 2.05) is 6.92 Å². The summed E-state index contributed by atoms with van der Waals surface area (Å²) in [5.41, 5.74) is 0. The maximum atomic E-state index is 9.12. The van der Waals surface area contributed by atoms with Crippen molar-refractivity contribution in [1.82, 2.24) is 5.32 Å². The van der Waals surface area contributed by atoms with Crippen LogP contribution >= 0.6 is 0 Å². The molecule has 0 fully saturated rings. The minimum absolute atomic E-state index is 0.166. The Kier molecular flexibility index (Phi) is 7.45. The molecule has 0 rings (SSSR count). The highest BCUT2D eigenvalue weighted by Crippen LogP contribution is 1.95. The van der Waals surface area contributed by atoms with Gasteiger partial charge in [-0.15, -0.1) is 0 Å². The first-order valence-electron chi connectivity index (χ1n) is 4.70. The summed E-state index contributed by atoms with van der Waals surface area (Å²) in [6, 6.07) is 0.166. The van der Waals surface area contributed by atoms with Gasteiger partial charge in [-0.2, -0.15) is 0 Å². The summed E-state index contributed by atoms with van der Waals surface area (Å²) < 4.78 is 0. The Morgan fingerprint density at radius 3 is 2.33 bits per heavy atom. The van der Waals surface area contributed by atoms with E-state index in [0.717, 1.165) is 25.8 Å². The molecule has 0 aromatic heterocycles. The third-order valence-electron chi connectivity index (χ3n) is 2.02. The number of nitrogens with one attached hydrogen (secondary N) is 1. The van der Waals surface area contributed by atoms with Crippen LogP contribution in [-0.4, -0.2) is 35.5 Å². The summed E-state index contributed by atoms with van der Waals surface area (Å²) in [6.07, 6.45) is 2.71. The van der Waals surface area contributed by atoms with E-state index in [1.54, 1.807) is 6.92 Å². The molecule has 0 heterocycles. The van der Waals surface area contributed by atoms with Crippen LogP contribution in [0.5, 0.6) is 0 Å². The third kappa shape index (κ3) is 6.58. The summed E-state index contributed by atoms with van der Waals surface area (Å²) in [4.78, 5) is 0. The second-order valence-electron chi connectivity index (χ2n) is 3.27. The largest absolute Gasteiger partial charge is 0.396 e. The van der Waals surface area contributed by atoms with Gasteiger partial charge in [-0.3, -0.25) is 0 Å². The molecule has 0 aliphatic carbocycles. The molecule has 0 amide bonds. The van der Waals surface area contributed by atoms with E-state index in [4.69, 9.17) is 10.2 Å². The van der Waals surface area contributed by atoms with Gasteiger partial charge in [0.25, 0.3) is 0 Å². The van der Waals surface area contributed by atoms with Crippen LogP contribution < -0.4 is 5.32 Å². The van der Waals surface area contributed by atoms with Crippen molar-refractivity contribution in [1.29, 1.82) is 0 Å². The number of hydrogen-bond acceptors (Lipinski definition) is 3. The zero-order valence-corrected chi connectivity index (χ0v) is 8.08. The lowest BCUT2D eigenvalue weighted by Gasteiger charge is -2.15. The fourth-order valence-electron chi connectivity index (χ4n) is 0.914. The molecule has 2 unspecified atom stereocenters. The molecule has 0 aromatic carbocycles. The highest BCUT2D eigenvalue weighted by Gasteiger charge is 2.05. The smallest absolute Gasteiger partial charge is 0.0662 e. The van der Waals surface area contributed by atoms with Gasteiger partial charge in [-0.25, -0.2) is 0 Å². The minimum atomic E-state index is -0.289. The van der Waals surface area contributed by atoms with E-state index < -0.39 is 0 Å². The van der Waals surface area contributed by atoms with Crippen molar-refractivity contribution >= 4 is 0 Å². The van der Waals surface area contributed by atoms with E-state index in [0.29, 0.717) is 0 Å². The van der Waals surface area contributed by atoms with Gasteiger partial charge >= 0.3 is 0 Å². The first-order valence-corrected chi connectivity index (χ1v) is 4.70. The molecular weight excluding hydrogens is 154 g/mol. The van der Waals surface area contributed by atoms with Crippen LogP contribution in [0, 0.1) is 0 Å². The third-order valence-corrected chi connectivity index (χ3v) is 2.02. The summed E-state index contributed by atoms with van der Waals surface area (Å²) in [6.45, 7) is 4.96. The van der Waals surface area contributed by atoms with Crippen LogP contribution in [-0.2, 0) is 0 Å². The zero-order chi connectivity index (χ0) is 9.40. The van der Waals surface area contributed by atoms with Gasteiger partial charge < -0.3 is 15.5 Å². The Morgan fingerprint density at radius 2 is 1.83 bits per heavy atom. The zero-order valence-electron chi connectivity index (χ0n) is 8.08. The Labute approximate surface area is 74.8 Å². The topological polar surface area (TPSA) is 52.5 Å².